The number of aromatic nitrogens is 4. The molecule has 1 saturated heterocycles. The Bertz CT molecular complexity index is 1190. The molecule has 1 fully saturated rings. The van der Waals surface area contributed by atoms with Gasteiger partial charge in [0.15, 0.2) is 5.69 Å². The Morgan fingerprint density at radius 1 is 1.18 bits per heavy atom. The van der Waals surface area contributed by atoms with Crippen LogP contribution in [0.4, 0.5) is 0 Å². The van der Waals surface area contributed by atoms with Crippen molar-refractivity contribution in [3.8, 4) is 5.88 Å². The van der Waals surface area contributed by atoms with Gasteiger partial charge in [0.2, 0.25) is 11.8 Å². The first-order chi connectivity index (χ1) is 15.9. The monoisotopic (exact) mass is 450 g/mol. The summed E-state index contributed by atoms with van der Waals surface area (Å²) < 4.78 is 5.83. The fourth-order valence-corrected chi connectivity index (χ4v) is 3.81. The zero-order chi connectivity index (χ0) is 23.4. The van der Waals surface area contributed by atoms with Crippen LogP contribution in [0.3, 0.4) is 0 Å². The van der Waals surface area contributed by atoms with Crippen molar-refractivity contribution in [1.29, 1.82) is 0 Å². The first kappa shape index (κ1) is 22.4. The Kier molecular flexibility index (Phi) is 6.62. The molecule has 3 aromatic rings. The van der Waals surface area contributed by atoms with Crippen molar-refractivity contribution in [2.24, 2.45) is 5.92 Å². The molecule has 0 bridgehead atoms. The molecule has 33 heavy (non-hydrogen) atoms. The summed E-state index contributed by atoms with van der Waals surface area (Å²) in [6, 6.07) is 6.19. The Morgan fingerprint density at radius 3 is 2.64 bits per heavy atom. The number of hydrogen-bond donors (Lipinski definition) is 2. The second-order valence-corrected chi connectivity index (χ2v) is 8.31. The molecule has 2 aromatic heterocycles. The lowest BCUT2D eigenvalue weighted by atomic mass is 10.00. The minimum absolute atomic E-state index is 0.0572. The summed E-state index contributed by atoms with van der Waals surface area (Å²) in [6.45, 7) is 4.70. The molecular weight excluding hydrogens is 424 g/mol. The summed E-state index contributed by atoms with van der Waals surface area (Å²) in [5.74, 6) is -0.569. The number of carbonyl (C=O) groups is 2. The van der Waals surface area contributed by atoms with E-state index in [4.69, 9.17) is 4.74 Å². The number of para-hydroxylation sites is 2. The number of hydrogen-bond acceptors (Lipinski definition) is 7. The van der Waals surface area contributed by atoms with E-state index in [1.165, 1.54) is 0 Å². The van der Waals surface area contributed by atoms with Gasteiger partial charge in [-0.2, -0.15) is 0 Å². The second-order valence-electron chi connectivity index (χ2n) is 8.31. The normalized spacial score (nSPS) is 15.4. The van der Waals surface area contributed by atoms with E-state index in [1.807, 2.05) is 13.8 Å². The highest BCUT2D eigenvalue weighted by atomic mass is 16.5. The molecule has 0 radical (unpaired) electrons. The number of carbonyl (C=O) groups excluding carboxylic acids is 2. The number of aromatic amines is 1. The number of fused-ring (bicyclic) bond motifs is 1. The van der Waals surface area contributed by atoms with Crippen molar-refractivity contribution in [3.05, 3.63) is 58.9 Å². The lowest BCUT2D eigenvalue weighted by Crippen LogP contribution is -2.54. The standard InChI is InChI=1S/C23H26N6O4/c1-14(2)19(28-22(31)20-21(30)27-17-6-4-3-5-16(17)26-20)23(32)29-11-7-15(8-12-29)33-18-13-24-9-10-25-18/h3-6,9-10,13-15,19H,7-8,11-12H2,1-2H3,(H,27,30)(H,28,31)/t19-/m0/s1. The van der Waals surface area contributed by atoms with E-state index >= 15 is 0 Å². The molecule has 1 atom stereocenters. The molecule has 0 spiro atoms. The molecule has 0 saturated carbocycles. The number of H-pyrrole nitrogens is 1. The average Bonchev–Trinajstić information content (AvgIpc) is 2.82. The van der Waals surface area contributed by atoms with Crippen molar-refractivity contribution in [2.75, 3.05) is 13.1 Å². The van der Waals surface area contributed by atoms with E-state index in [1.54, 1.807) is 47.8 Å². The van der Waals surface area contributed by atoms with Crippen LogP contribution in [-0.4, -0.2) is 61.9 Å². The zero-order valence-electron chi connectivity index (χ0n) is 18.5. The minimum Gasteiger partial charge on any atom is -0.473 e. The number of nitrogens with one attached hydrogen (secondary N) is 2. The molecule has 0 aliphatic carbocycles. The maximum Gasteiger partial charge on any atom is 0.280 e. The predicted molar refractivity (Wildman–Crippen MR) is 121 cm³/mol. The van der Waals surface area contributed by atoms with Crippen LogP contribution in [0.25, 0.3) is 11.0 Å². The largest absolute Gasteiger partial charge is 0.473 e. The summed E-state index contributed by atoms with van der Waals surface area (Å²) in [5, 5.41) is 2.72. The number of likely N-dealkylation sites (tertiary alicyclic amines) is 1. The molecule has 3 heterocycles. The lowest BCUT2D eigenvalue weighted by molar-refractivity contribution is -0.136. The van der Waals surface area contributed by atoms with E-state index in [0.717, 1.165) is 0 Å². The molecule has 2 N–H and O–H groups in total. The molecule has 172 valence electrons. The van der Waals surface area contributed by atoms with E-state index in [0.29, 0.717) is 42.8 Å². The number of amides is 2. The van der Waals surface area contributed by atoms with Crippen LogP contribution in [-0.2, 0) is 4.79 Å². The van der Waals surface area contributed by atoms with Gasteiger partial charge in [-0.1, -0.05) is 26.0 Å². The molecule has 1 aliphatic heterocycles. The van der Waals surface area contributed by atoms with Crippen LogP contribution in [0.15, 0.2) is 47.7 Å². The Hall–Kier alpha value is -3.82. The van der Waals surface area contributed by atoms with Crippen molar-refractivity contribution >= 4 is 22.8 Å². The van der Waals surface area contributed by atoms with Gasteiger partial charge in [-0.15, -0.1) is 0 Å². The first-order valence-electron chi connectivity index (χ1n) is 10.9. The smallest absolute Gasteiger partial charge is 0.280 e. The highest BCUT2D eigenvalue weighted by Gasteiger charge is 2.32. The van der Waals surface area contributed by atoms with Gasteiger partial charge in [0.1, 0.15) is 12.1 Å². The molecule has 1 aromatic carbocycles. The van der Waals surface area contributed by atoms with Crippen LogP contribution in [0.2, 0.25) is 0 Å². The van der Waals surface area contributed by atoms with E-state index in [2.05, 4.69) is 25.3 Å². The van der Waals surface area contributed by atoms with Crippen LogP contribution in [0, 0.1) is 5.92 Å². The maximum atomic E-state index is 13.2. The van der Waals surface area contributed by atoms with Gasteiger partial charge in [0.05, 0.1) is 17.2 Å². The van der Waals surface area contributed by atoms with Gasteiger partial charge in [-0.25, -0.2) is 9.97 Å². The SMILES string of the molecule is CC(C)[C@H](NC(=O)c1nc2ccccc2[nH]c1=O)C(=O)N1CCC(Oc2cnccn2)CC1. The fourth-order valence-electron chi connectivity index (χ4n) is 3.81. The number of piperidine rings is 1. The lowest BCUT2D eigenvalue weighted by Gasteiger charge is -2.35. The fraction of sp³-hybridized carbons (Fsp3) is 0.391. The summed E-state index contributed by atoms with van der Waals surface area (Å²) >= 11 is 0. The number of nitrogens with zero attached hydrogens (tertiary/aromatic N) is 4. The van der Waals surface area contributed by atoms with Gasteiger partial charge in [0.25, 0.3) is 11.5 Å². The highest BCUT2D eigenvalue weighted by molar-refractivity contribution is 5.97. The first-order valence-corrected chi connectivity index (χ1v) is 10.9. The summed E-state index contributed by atoms with van der Waals surface area (Å²) in [5.41, 5.74) is 0.188. The summed E-state index contributed by atoms with van der Waals surface area (Å²) in [4.78, 5) is 55.2. The van der Waals surface area contributed by atoms with Crippen molar-refractivity contribution in [1.82, 2.24) is 30.2 Å². The van der Waals surface area contributed by atoms with Gasteiger partial charge < -0.3 is 19.9 Å². The molecule has 1 aliphatic rings. The predicted octanol–water partition coefficient (Wildman–Crippen LogP) is 1.54. The quantitative estimate of drug-likeness (QED) is 0.582. The summed E-state index contributed by atoms with van der Waals surface area (Å²) in [7, 11) is 0. The van der Waals surface area contributed by atoms with Crippen molar-refractivity contribution < 1.29 is 14.3 Å². The topological polar surface area (TPSA) is 130 Å². The van der Waals surface area contributed by atoms with E-state index in [-0.39, 0.29) is 23.6 Å². The van der Waals surface area contributed by atoms with Gasteiger partial charge >= 0.3 is 0 Å². The second kappa shape index (κ2) is 9.76. The minimum atomic E-state index is -0.775. The molecule has 10 nitrogen and oxygen atoms in total. The molecule has 2 amide bonds. The Balaban J connectivity index is 1.41. The molecule has 4 rings (SSSR count). The van der Waals surface area contributed by atoms with Crippen LogP contribution >= 0.6 is 0 Å². The third-order valence-corrected chi connectivity index (χ3v) is 5.61. The van der Waals surface area contributed by atoms with Crippen LogP contribution in [0.5, 0.6) is 5.88 Å². The third kappa shape index (κ3) is 5.16. The molecule has 10 heteroatoms. The number of ether oxygens (including phenoxy) is 1. The number of rotatable bonds is 6. The third-order valence-electron chi connectivity index (χ3n) is 5.61. The van der Waals surface area contributed by atoms with Gasteiger partial charge in [0, 0.05) is 38.3 Å². The maximum absolute atomic E-state index is 13.2. The van der Waals surface area contributed by atoms with E-state index < -0.39 is 17.5 Å². The van der Waals surface area contributed by atoms with Crippen molar-refractivity contribution in [2.45, 2.75) is 38.8 Å². The Labute approximate surface area is 190 Å². The van der Waals surface area contributed by atoms with Gasteiger partial charge in [-0.3, -0.25) is 19.4 Å². The Morgan fingerprint density at radius 2 is 1.94 bits per heavy atom. The van der Waals surface area contributed by atoms with Crippen molar-refractivity contribution in [3.63, 3.8) is 0 Å². The molecule has 0 unspecified atom stereocenters. The average molecular weight is 450 g/mol. The zero-order valence-corrected chi connectivity index (χ0v) is 18.5. The summed E-state index contributed by atoms with van der Waals surface area (Å²) in [6.07, 6.45) is 5.94. The number of benzene rings is 1. The highest BCUT2D eigenvalue weighted by Crippen LogP contribution is 2.18. The van der Waals surface area contributed by atoms with E-state index in [9.17, 15) is 14.4 Å². The van der Waals surface area contributed by atoms with Crippen LogP contribution < -0.4 is 15.6 Å². The van der Waals surface area contributed by atoms with Gasteiger partial charge in [-0.05, 0) is 18.1 Å². The molecular formula is C23H26N6O4. The van der Waals surface area contributed by atoms with Crippen LogP contribution in [0.1, 0.15) is 37.2 Å².